The van der Waals surface area contributed by atoms with Gasteiger partial charge in [0.25, 0.3) is 0 Å². The monoisotopic (exact) mass is 254 g/mol. The fourth-order valence-electron chi connectivity index (χ4n) is 0.948. The van der Waals surface area contributed by atoms with E-state index < -0.39 is 0 Å². The average molecular weight is 254 g/mol. The zero-order chi connectivity index (χ0) is 7.98. The van der Waals surface area contributed by atoms with E-state index in [1.165, 1.54) is 23.7 Å². The number of halogens is 1. The molecule has 0 N–H and O–H groups in total. The molecule has 0 aromatic rings. The van der Waals surface area contributed by atoms with E-state index in [2.05, 4.69) is 43.4 Å². The van der Waals surface area contributed by atoms with Crippen molar-refractivity contribution in [2.75, 3.05) is 4.43 Å². The van der Waals surface area contributed by atoms with Crippen LogP contribution in [0, 0.1) is 11.8 Å². The smallest absolute Gasteiger partial charge is 0.000219 e. The Balaban J connectivity index is 3.12. The first-order valence-electron chi connectivity index (χ1n) is 4.22. The van der Waals surface area contributed by atoms with Gasteiger partial charge in [0.05, 0.1) is 0 Å². The zero-order valence-electron chi connectivity index (χ0n) is 7.36. The quantitative estimate of drug-likeness (QED) is 0.516. The lowest BCUT2D eigenvalue weighted by Gasteiger charge is -2.10. The van der Waals surface area contributed by atoms with Crippen LogP contribution in [0.25, 0.3) is 0 Å². The molecule has 0 fully saturated rings. The van der Waals surface area contributed by atoms with E-state index in [-0.39, 0.29) is 0 Å². The van der Waals surface area contributed by atoms with Gasteiger partial charge in [-0.2, -0.15) is 0 Å². The van der Waals surface area contributed by atoms with Crippen molar-refractivity contribution >= 4 is 22.6 Å². The second kappa shape index (κ2) is 6.44. The summed E-state index contributed by atoms with van der Waals surface area (Å²) in [7, 11) is 0. The Bertz CT molecular complexity index is 69.1. The summed E-state index contributed by atoms with van der Waals surface area (Å²) in [4.78, 5) is 0. The predicted octanol–water partition coefficient (Wildman–Crippen LogP) is 3.88. The van der Waals surface area contributed by atoms with Crippen LogP contribution in [0.5, 0.6) is 0 Å². The minimum atomic E-state index is 0.886. The molecular weight excluding hydrogens is 235 g/mol. The molecule has 0 aromatic heterocycles. The largest absolute Gasteiger partial charge is 0.0864 e. The van der Waals surface area contributed by atoms with Crippen LogP contribution in [0.1, 0.15) is 40.0 Å². The number of alkyl halides is 1. The summed E-state index contributed by atoms with van der Waals surface area (Å²) in [5.41, 5.74) is 0. The maximum atomic E-state index is 2.46. The summed E-state index contributed by atoms with van der Waals surface area (Å²) in [5, 5.41) is 0. The number of rotatable bonds is 5. The molecule has 0 aliphatic rings. The SMILES string of the molecule is CC(C)CC[C@H](C)CCI. The van der Waals surface area contributed by atoms with Crippen molar-refractivity contribution in [3.63, 3.8) is 0 Å². The first-order chi connectivity index (χ1) is 4.66. The summed E-state index contributed by atoms with van der Waals surface area (Å²) in [6.07, 6.45) is 4.21. The fraction of sp³-hybridized carbons (Fsp3) is 1.00. The van der Waals surface area contributed by atoms with Crippen LogP contribution in [0.15, 0.2) is 0 Å². The van der Waals surface area contributed by atoms with Gasteiger partial charge in [-0.1, -0.05) is 56.2 Å². The van der Waals surface area contributed by atoms with Crippen LogP contribution < -0.4 is 0 Å². The summed E-state index contributed by atoms with van der Waals surface area (Å²) >= 11 is 2.46. The van der Waals surface area contributed by atoms with Gasteiger partial charge in [-0.3, -0.25) is 0 Å². The molecule has 1 atom stereocenters. The maximum Gasteiger partial charge on any atom is -0.000219 e. The molecule has 0 nitrogen and oxygen atoms in total. The number of hydrogen-bond acceptors (Lipinski definition) is 0. The van der Waals surface area contributed by atoms with Crippen molar-refractivity contribution in [2.24, 2.45) is 11.8 Å². The van der Waals surface area contributed by atoms with Crippen LogP contribution in [0.2, 0.25) is 0 Å². The Morgan fingerprint density at radius 2 is 1.60 bits per heavy atom. The van der Waals surface area contributed by atoms with Crippen LogP contribution in [0.3, 0.4) is 0 Å². The van der Waals surface area contributed by atoms with Crippen LogP contribution in [-0.2, 0) is 0 Å². The lowest BCUT2D eigenvalue weighted by molar-refractivity contribution is 0.445. The summed E-state index contributed by atoms with van der Waals surface area (Å²) in [6, 6.07) is 0. The van der Waals surface area contributed by atoms with E-state index in [0.717, 1.165) is 11.8 Å². The predicted molar refractivity (Wildman–Crippen MR) is 56.7 cm³/mol. The minimum Gasteiger partial charge on any atom is -0.0864 e. The van der Waals surface area contributed by atoms with Gasteiger partial charge in [0.2, 0.25) is 0 Å². The van der Waals surface area contributed by atoms with Gasteiger partial charge in [-0.05, 0) is 22.7 Å². The average Bonchev–Trinajstić information content (AvgIpc) is 1.85. The summed E-state index contributed by atoms with van der Waals surface area (Å²) in [6.45, 7) is 6.97. The normalized spacial score (nSPS) is 14.1. The number of hydrogen-bond donors (Lipinski definition) is 0. The van der Waals surface area contributed by atoms with Gasteiger partial charge in [0, 0.05) is 0 Å². The van der Waals surface area contributed by atoms with E-state index in [9.17, 15) is 0 Å². The molecule has 62 valence electrons. The lowest BCUT2D eigenvalue weighted by atomic mass is 9.98. The molecule has 0 saturated carbocycles. The van der Waals surface area contributed by atoms with E-state index in [0.29, 0.717) is 0 Å². The molecule has 0 radical (unpaired) electrons. The van der Waals surface area contributed by atoms with Crippen molar-refractivity contribution in [1.29, 1.82) is 0 Å². The van der Waals surface area contributed by atoms with Crippen molar-refractivity contribution in [2.45, 2.75) is 40.0 Å². The molecule has 1 heteroatoms. The first-order valence-corrected chi connectivity index (χ1v) is 5.75. The summed E-state index contributed by atoms with van der Waals surface area (Å²) < 4.78 is 1.32. The third-order valence-corrected chi connectivity index (χ3v) is 2.46. The van der Waals surface area contributed by atoms with Crippen LogP contribution in [0.4, 0.5) is 0 Å². The Labute approximate surface area is 78.9 Å². The molecule has 0 aliphatic heterocycles. The minimum absolute atomic E-state index is 0.886. The topological polar surface area (TPSA) is 0 Å². The van der Waals surface area contributed by atoms with E-state index in [1.807, 2.05) is 0 Å². The van der Waals surface area contributed by atoms with E-state index in [1.54, 1.807) is 0 Å². The van der Waals surface area contributed by atoms with Crippen LogP contribution in [-0.4, -0.2) is 4.43 Å². The van der Waals surface area contributed by atoms with Gasteiger partial charge < -0.3 is 0 Å². The third-order valence-electron chi connectivity index (χ3n) is 1.84. The highest BCUT2D eigenvalue weighted by atomic mass is 127. The third kappa shape index (κ3) is 6.84. The summed E-state index contributed by atoms with van der Waals surface area (Å²) in [5.74, 6) is 1.83. The second-order valence-corrected chi connectivity index (χ2v) is 4.63. The molecule has 0 spiro atoms. The van der Waals surface area contributed by atoms with Crippen molar-refractivity contribution in [3.8, 4) is 0 Å². The molecule has 0 bridgehead atoms. The molecule has 0 aromatic carbocycles. The van der Waals surface area contributed by atoms with Gasteiger partial charge in [-0.25, -0.2) is 0 Å². The van der Waals surface area contributed by atoms with Crippen molar-refractivity contribution < 1.29 is 0 Å². The molecule has 0 aliphatic carbocycles. The molecule has 0 unspecified atom stereocenters. The Morgan fingerprint density at radius 1 is 1.00 bits per heavy atom. The molecule has 10 heavy (non-hydrogen) atoms. The van der Waals surface area contributed by atoms with Gasteiger partial charge >= 0.3 is 0 Å². The molecular formula is C9H19I. The van der Waals surface area contributed by atoms with Crippen molar-refractivity contribution in [3.05, 3.63) is 0 Å². The second-order valence-electron chi connectivity index (χ2n) is 3.55. The van der Waals surface area contributed by atoms with Gasteiger partial charge in [0.15, 0.2) is 0 Å². The van der Waals surface area contributed by atoms with Gasteiger partial charge in [0.1, 0.15) is 0 Å². The Hall–Kier alpha value is 0.730. The Kier molecular flexibility index (Phi) is 6.91. The van der Waals surface area contributed by atoms with Gasteiger partial charge in [-0.15, -0.1) is 0 Å². The standard InChI is InChI=1S/C9H19I/c1-8(2)4-5-9(3)6-7-10/h8-9H,4-7H2,1-3H3/t9-/m0/s1. The zero-order valence-corrected chi connectivity index (χ0v) is 9.52. The lowest BCUT2D eigenvalue weighted by Crippen LogP contribution is -1.97. The molecule has 0 heterocycles. The van der Waals surface area contributed by atoms with E-state index in [4.69, 9.17) is 0 Å². The van der Waals surface area contributed by atoms with E-state index >= 15 is 0 Å². The molecule has 0 saturated heterocycles. The fourth-order valence-corrected chi connectivity index (χ4v) is 2.01. The highest BCUT2D eigenvalue weighted by Gasteiger charge is 2.01. The first kappa shape index (κ1) is 10.7. The highest BCUT2D eigenvalue weighted by molar-refractivity contribution is 14.1. The molecule has 0 rings (SSSR count). The van der Waals surface area contributed by atoms with Crippen molar-refractivity contribution in [1.82, 2.24) is 0 Å². The maximum absolute atomic E-state index is 2.46. The molecule has 0 amide bonds. The highest BCUT2D eigenvalue weighted by Crippen LogP contribution is 2.15. The Morgan fingerprint density at radius 3 is 2.00 bits per heavy atom. The van der Waals surface area contributed by atoms with Crippen LogP contribution >= 0.6 is 22.6 Å².